The van der Waals surface area contributed by atoms with Crippen LogP contribution in [0.2, 0.25) is 0 Å². The lowest BCUT2D eigenvalue weighted by Crippen LogP contribution is -2.46. The average molecular weight is 342 g/mol. The van der Waals surface area contributed by atoms with E-state index in [0.717, 1.165) is 50.7 Å². The third kappa shape index (κ3) is 4.46. The number of nitrogens with one attached hydrogen (secondary N) is 2. The Balaban J connectivity index is 1.23. The summed E-state index contributed by atoms with van der Waals surface area (Å²) in [6.07, 6.45) is 8.77. The van der Waals surface area contributed by atoms with Crippen molar-refractivity contribution in [3.05, 3.63) is 24.3 Å². The van der Waals surface area contributed by atoms with Gasteiger partial charge in [0.25, 0.3) is 0 Å². The van der Waals surface area contributed by atoms with Gasteiger partial charge in [0.2, 0.25) is 0 Å². The predicted molar refractivity (Wildman–Crippen MR) is 102 cm³/mol. The Morgan fingerprint density at radius 3 is 2.20 bits per heavy atom. The van der Waals surface area contributed by atoms with Crippen molar-refractivity contribution in [2.45, 2.75) is 57.0 Å². The maximum Gasteiger partial charge on any atom is 0.319 e. The zero-order chi connectivity index (χ0) is 17.1. The summed E-state index contributed by atoms with van der Waals surface area (Å²) in [6.45, 7) is 4.54. The number of amides is 2. The van der Waals surface area contributed by atoms with Gasteiger partial charge < -0.3 is 20.4 Å². The summed E-state index contributed by atoms with van der Waals surface area (Å²) < 4.78 is 0. The Morgan fingerprint density at radius 1 is 0.880 bits per heavy atom. The van der Waals surface area contributed by atoms with Crippen molar-refractivity contribution in [1.82, 2.24) is 10.2 Å². The number of benzene rings is 1. The molecule has 25 heavy (non-hydrogen) atoms. The van der Waals surface area contributed by atoms with Crippen LogP contribution in [0, 0.1) is 0 Å². The van der Waals surface area contributed by atoms with Crippen molar-refractivity contribution in [2.24, 2.45) is 0 Å². The molecule has 2 aliphatic heterocycles. The van der Waals surface area contributed by atoms with E-state index in [1.807, 2.05) is 12.1 Å². The molecule has 0 bridgehead atoms. The van der Waals surface area contributed by atoms with E-state index in [9.17, 15) is 4.79 Å². The Labute approximate surface area is 150 Å². The molecule has 4 rings (SSSR count). The van der Waals surface area contributed by atoms with Crippen LogP contribution in [-0.2, 0) is 0 Å². The van der Waals surface area contributed by atoms with E-state index in [1.54, 1.807) is 0 Å². The number of urea groups is 1. The molecule has 1 aromatic rings. The summed E-state index contributed by atoms with van der Waals surface area (Å²) in [4.78, 5) is 17.3. The lowest BCUT2D eigenvalue weighted by Gasteiger charge is -2.32. The minimum atomic E-state index is -0.0735. The van der Waals surface area contributed by atoms with Gasteiger partial charge in [-0.1, -0.05) is 0 Å². The Morgan fingerprint density at radius 2 is 1.56 bits per heavy atom. The first kappa shape index (κ1) is 16.7. The van der Waals surface area contributed by atoms with E-state index in [2.05, 4.69) is 32.6 Å². The van der Waals surface area contributed by atoms with E-state index in [1.165, 1.54) is 37.8 Å². The van der Waals surface area contributed by atoms with Crippen molar-refractivity contribution in [3.8, 4) is 0 Å². The molecule has 0 unspecified atom stereocenters. The number of anilines is 2. The van der Waals surface area contributed by atoms with Gasteiger partial charge in [0.05, 0.1) is 0 Å². The molecule has 136 valence electrons. The molecule has 1 aliphatic carbocycles. The molecule has 2 N–H and O–H groups in total. The third-order valence-corrected chi connectivity index (χ3v) is 5.77. The lowest BCUT2D eigenvalue weighted by molar-refractivity contribution is 0.189. The standard InChI is InChI=1S/C20H30N4O/c25-20(22-17-10-14-24(15-11-17)19-8-9-19)21-16-4-6-18(7-5-16)23-12-2-1-3-13-23/h4-7,17,19H,1-3,8-15H2,(H2,21,22,25). The van der Waals surface area contributed by atoms with Crippen LogP contribution in [0.1, 0.15) is 44.9 Å². The lowest BCUT2D eigenvalue weighted by atomic mass is 10.1. The molecule has 1 aromatic carbocycles. The number of hydrogen-bond donors (Lipinski definition) is 2. The molecule has 5 heteroatoms. The SMILES string of the molecule is O=C(Nc1ccc(N2CCCCC2)cc1)NC1CCN(C2CC2)CC1. The van der Waals surface area contributed by atoms with Crippen molar-refractivity contribution >= 4 is 17.4 Å². The van der Waals surface area contributed by atoms with Crippen LogP contribution in [0.4, 0.5) is 16.2 Å². The van der Waals surface area contributed by atoms with Crippen LogP contribution in [-0.4, -0.2) is 49.2 Å². The van der Waals surface area contributed by atoms with Crippen LogP contribution in [0.15, 0.2) is 24.3 Å². The second-order valence-corrected chi connectivity index (χ2v) is 7.73. The van der Waals surface area contributed by atoms with E-state index < -0.39 is 0 Å². The normalized spacial score (nSPS) is 22.6. The second-order valence-electron chi connectivity index (χ2n) is 7.73. The number of likely N-dealkylation sites (tertiary alicyclic amines) is 1. The monoisotopic (exact) mass is 342 g/mol. The summed E-state index contributed by atoms with van der Waals surface area (Å²) in [5, 5.41) is 6.12. The van der Waals surface area contributed by atoms with E-state index in [4.69, 9.17) is 0 Å². The van der Waals surface area contributed by atoms with Gasteiger partial charge in [0.1, 0.15) is 0 Å². The average Bonchev–Trinajstić information content (AvgIpc) is 3.49. The highest BCUT2D eigenvalue weighted by molar-refractivity contribution is 5.89. The molecule has 0 atom stereocenters. The zero-order valence-electron chi connectivity index (χ0n) is 15.0. The number of carbonyl (C=O) groups excluding carboxylic acids is 1. The quantitative estimate of drug-likeness (QED) is 0.881. The highest BCUT2D eigenvalue weighted by Gasteiger charge is 2.32. The fourth-order valence-electron chi connectivity index (χ4n) is 4.11. The molecule has 3 aliphatic rings. The molecule has 2 amide bonds. The topological polar surface area (TPSA) is 47.6 Å². The van der Waals surface area contributed by atoms with Crippen LogP contribution in [0.3, 0.4) is 0 Å². The number of piperidine rings is 2. The zero-order valence-corrected chi connectivity index (χ0v) is 15.0. The van der Waals surface area contributed by atoms with E-state index in [0.29, 0.717) is 6.04 Å². The summed E-state index contributed by atoms with van der Waals surface area (Å²) in [5.74, 6) is 0. The van der Waals surface area contributed by atoms with Crippen LogP contribution >= 0.6 is 0 Å². The predicted octanol–water partition coefficient (Wildman–Crippen LogP) is 3.43. The van der Waals surface area contributed by atoms with Gasteiger partial charge in [-0.05, 0) is 69.2 Å². The molecule has 0 aromatic heterocycles. The third-order valence-electron chi connectivity index (χ3n) is 5.77. The van der Waals surface area contributed by atoms with Gasteiger partial charge >= 0.3 is 6.03 Å². The highest BCUT2D eigenvalue weighted by atomic mass is 16.2. The van der Waals surface area contributed by atoms with Gasteiger partial charge in [-0.2, -0.15) is 0 Å². The Bertz CT molecular complexity index is 570. The van der Waals surface area contributed by atoms with Crippen molar-refractivity contribution < 1.29 is 4.79 Å². The van der Waals surface area contributed by atoms with Gasteiger partial charge in [-0.3, -0.25) is 0 Å². The number of rotatable bonds is 4. The van der Waals surface area contributed by atoms with Crippen LogP contribution in [0.25, 0.3) is 0 Å². The molecule has 0 spiro atoms. The van der Waals surface area contributed by atoms with Crippen molar-refractivity contribution in [2.75, 3.05) is 36.4 Å². The first-order valence-corrected chi connectivity index (χ1v) is 9.94. The van der Waals surface area contributed by atoms with Crippen molar-refractivity contribution in [1.29, 1.82) is 0 Å². The summed E-state index contributed by atoms with van der Waals surface area (Å²) in [5.41, 5.74) is 2.13. The molecule has 2 saturated heterocycles. The minimum absolute atomic E-state index is 0.0735. The Kier molecular flexibility index (Phi) is 5.11. The molecule has 2 heterocycles. The first-order valence-electron chi connectivity index (χ1n) is 9.94. The fraction of sp³-hybridized carbons (Fsp3) is 0.650. The molecule has 3 fully saturated rings. The molecule has 5 nitrogen and oxygen atoms in total. The van der Waals surface area contributed by atoms with Gasteiger partial charge in [-0.25, -0.2) is 4.79 Å². The van der Waals surface area contributed by atoms with Gasteiger partial charge in [0, 0.05) is 49.6 Å². The Hall–Kier alpha value is -1.75. The first-order chi connectivity index (χ1) is 12.3. The fourth-order valence-corrected chi connectivity index (χ4v) is 4.11. The molecule has 0 radical (unpaired) electrons. The maximum atomic E-state index is 12.2. The van der Waals surface area contributed by atoms with Gasteiger partial charge in [0.15, 0.2) is 0 Å². The smallest absolute Gasteiger partial charge is 0.319 e. The van der Waals surface area contributed by atoms with Crippen molar-refractivity contribution in [3.63, 3.8) is 0 Å². The number of carbonyl (C=O) groups is 1. The van der Waals surface area contributed by atoms with Crippen LogP contribution in [0.5, 0.6) is 0 Å². The summed E-state index contributed by atoms with van der Waals surface area (Å²) in [6, 6.07) is 9.34. The van der Waals surface area contributed by atoms with Crippen LogP contribution < -0.4 is 15.5 Å². The maximum absolute atomic E-state index is 12.2. The highest BCUT2D eigenvalue weighted by Crippen LogP contribution is 2.29. The molecule has 1 saturated carbocycles. The van der Waals surface area contributed by atoms with E-state index >= 15 is 0 Å². The summed E-state index contributed by atoms with van der Waals surface area (Å²) >= 11 is 0. The van der Waals surface area contributed by atoms with Gasteiger partial charge in [-0.15, -0.1) is 0 Å². The van der Waals surface area contributed by atoms with E-state index in [-0.39, 0.29) is 6.03 Å². The largest absolute Gasteiger partial charge is 0.372 e. The number of nitrogens with zero attached hydrogens (tertiary/aromatic N) is 2. The number of hydrogen-bond acceptors (Lipinski definition) is 3. The molecular formula is C20H30N4O. The second kappa shape index (κ2) is 7.65. The minimum Gasteiger partial charge on any atom is -0.372 e. The molecular weight excluding hydrogens is 312 g/mol. The summed E-state index contributed by atoms with van der Waals surface area (Å²) in [7, 11) is 0.